The van der Waals surface area contributed by atoms with Gasteiger partial charge < -0.3 is 19.5 Å². The van der Waals surface area contributed by atoms with Crippen LogP contribution in [0.3, 0.4) is 0 Å². The maximum absolute atomic E-state index is 17.2. The van der Waals surface area contributed by atoms with Gasteiger partial charge in [-0.2, -0.15) is 5.26 Å². The van der Waals surface area contributed by atoms with Crippen LogP contribution in [0.25, 0.3) is 32.9 Å². The minimum atomic E-state index is -0.473. The summed E-state index contributed by atoms with van der Waals surface area (Å²) in [5.74, 6) is 0.220. The zero-order valence-corrected chi connectivity index (χ0v) is 30.8. The minimum absolute atomic E-state index is 0.0646. The Balaban J connectivity index is 1.23. The van der Waals surface area contributed by atoms with Crippen molar-refractivity contribution in [3.63, 3.8) is 0 Å². The Morgan fingerprint density at radius 2 is 1.90 bits per heavy atom. The van der Waals surface area contributed by atoms with Gasteiger partial charge in [0.2, 0.25) is 5.91 Å². The fraction of sp³-hybridized carbons (Fsp3) is 0.405. The van der Waals surface area contributed by atoms with Crippen molar-refractivity contribution in [2.75, 3.05) is 13.1 Å². The summed E-state index contributed by atoms with van der Waals surface area (Å²) < 4.78 is 26.2. The molecule has 0 radical (unpaired) electrons. The van der Waals surface area contributed by atoms with Crippen molar-refractivity contribution >= 4 is 50.9 Å². The molecule has 266 valence electrons. The smallest absolute Gasteiger partial charge is 0.226 e. The molecule has 0 spiro atoms. The molecule has 52 heavy (non-hydrogen) atoms. The Bertz CT molecular complexity index is 2300. The van der Waals surface area contributed by atoms with E-state index in [1.807, 2.05) is 25.1 Å². The van der Waals surface area contributed by atoms with Gasteiger partial charge in [-0.25, -0.2) is 9.37 Å². The molecule has 3 aliphatic heterocycles. The van der Waals surface area contributed by atoms with Crippen LogP contribution >= 0.6 is 23.2 Å². The van der Waals surface area contributed by atoms with E-state index in [1.54, 1.807) is 18.2 Å². The molecule has 5 atom stereocenters. The number of rotatable bonds is 9. The zero-order chi connectivity index (χ0) is 35.8. The Morgan fingerprint density at radius 1 is 1.08 bits per heavy atom. The third-order valence-electron chi connectivity index (χ3n) is 12.0. The number of nitriles is 1. The number of aromatic nitrogens is 2. The third kappa shape index (κ3) is 5.51. The highest BCUT2D eigenvalue weighted by Gasteiger charge is 2.51. The number of ether oxygens (including phenoxy) is 1. The Hall–Kier alpha value is -4.00. The van der Waals surface area contributed by atoms with Gasteiger partial charge in [0.15, 0.2) is 5.82 Å². The highest BCUT2D eigenvalue weighted by molar-refractivity contribution is 6.43. The number of nitrogens with zero attached hydrogens (tertiary/aromatic N) is 4. The molecule has 1 amide bonds. The van der Waals surface area contributed by atoms with Gasteiger partial charge in [0.25, 0.3) is 0 Å². The molecule has 0 unspecified atom stereocenters. The SMILES string of the molecule is Cc1ccccc1CO[C@H]1C[C@H](c2cc3c(C)nc4c(F)c(-c5cccc(Cl)c5Cl)c(CCC#N)cc4c3n2[C@H]2[C@H]3CN[C@@H]2C3)N(C(=O)C2CC2)C1. The van der Waals surface area contributed by atoms with E-state index >= 15 is 4.39 Å². The van der Waals surface area contributed by atoms with E-state index in [4.69, 9.17) is 32.9 Å². The van der Waals surface area contributed by atoms with E-state index in [2.05, 4.69) is 46.0 Å². The molecule has 5 aromatic rings. The highest BCUT2D eigenvalue weighted by atomic mass is 35.5. The van der Waals surface area contributed by atoms with Crippen LogP contribution in [0.2, 0.25) is 10.0 Å². The molecule has 5 aliphatic rings. The Morgan fingerprint density at radius 3 is 2.63 bits per heavy atom. The molecule has 10 heteroatoms. The molecular formula is C42H40Cl2FN5O2. The summed E-state index contributed by atoms with van der Waals surface area (Å²) >= 11 is 13.1. The average molecular weight is 737 g/mol. The van der Waals surface area contributed by atoms with Crippen LogP contribution in [0.15, 0.2) is 54.6 Å². The molecule has 3 saturated heterocycles. The number of aryl methyl sites for hydroxylation is 3. The Kier molecular flexibility index (Phi) is 8.54. The van der Waals surface area contributed by atoms with Gasteiger partial charge in [0, 0.05) is 71.2 Å². The number of pyridine rings is 1. The van der Waals surface area contributed by atoms with E-state index < -0.39 is 5.82 Å². The van der Waals surface area contributed by atoms with Crippen LogP contribution < -0.4 is 5.32 Å². The summed E-state index contributed by atoms with van der Waals surface area (Å²) in [6.45, 7) is 5.99. The molecule has 1 N–H and O–H groups in total. The lowest BCUT2D eigenvalue weighted by Gasteiger charge is -2.39. The van der Waals surface area contributed by atoms with E-state index in [0.717, 1.165) is 53.7 Å². The molecule has 2 aromatic heterocycles. The zero-order valence-electron chi connectivity index (χ0n) is 29.3. The molecule has 2 bridgehead atoms. The predicted octanol–water partition coefficient (Wildman–Crippen LogP) is 9.18. The lowest BCUT2D eigenvalue weighted by Crippen LogP contribution is -2.41. The number of amides is 1. The first-order valence-corrected chi connectivity index (χ1v) is 19.2. The number of nitrogens with one attached hydrogen (secondary N) is 1. The maximum atomic E-state index is 17.2. The van der Waals surface area contributed by atoms with Gasteiger partial charge in [0.05, 0.1) is 46.4 Å². The van der Waals surface area contributed by atoms with Gasteiger partial charge >= 0.3 is 0 Å². The molecule has 5 heterocycles. The molecule has 3 aromatic carbocycles. The lowest BCUT2D eigenvalue weighted by molar-refractivity contribution is -0.134. The maximum Gasteiger partial charge on any atom is 0.226 e. The van der Waals surface area contributed by atoms with Crippen molar-refractivity contribution in [3.8, 4) is 17.2 Å². The monoisotopic (exact) mass is 735 g/mol. The van der Waals surface area contributed by atoms with Crippen molar-refractivity contribution in [1.29, 1.82) is 5.26 Å². The molecule has 2 aliphatic carbocycles. The molecule has 10 rings (SSSR count). The van der Waals surface area contributed by atoms with Crippen molar-refractivity contribution < 1.29 is 13.9 Å². The van der Waals surface area contributed by atoms with E-state index in [9.17, 15) is 10.1 Å². The van der Waals surface area contributed by atoms with Gasteiger partial charge in [-0.3, -0.25) is 4.79 Å². The second kappa shape index (κ2) is 13.1. The first kappa shape index (κ1) is 33.8. The first-order chi connectivity index (χ1) is 25.2. The summed E-state index contributed by atoms with van der Waals surface area (Å²) in [4.78, 5) is 21.0. The second-order valence-corrected chi connectivity index (χ2v) is 15.9. The number of halogens is 3. The number of benzene rings is 3. The number of carbonyl (C=O) groups excluding carboxylic acids is 1. The Labute approximate surface area is 312 Å². The average Bonchev–Trinajstić information content (AvgIpc) is 3.43. The summed E-state index contributed by atoms with van der Waals surface area (Å²) in [6, 6.07) is 20.2. The van der Waals surface area contributed by atoms with Crippen molar-refractivity contribution in [2.45, 2.75) is 83.2 Å². The minimum Gasteiger partial charge on any atom is -0.372 e. The van der Waals surface area contributed by atoms with E-state index in [1.165, 1.54) is 5.56 Å². The standard InChI is InChI=1S/C42H40Cl2FN5O2/c1-22-7-3-4-8-26(22)21-52-28-17-34(49(20-28)42(51)24-12-13-24)35-18-30-23(2)48-39-31(41(30)50(35)40-27-16-33(40)47-19-27)15-25(9-6-14-46)36(38(39)45)29-10-5-11-32(43)37(29)44/h3-5,7-8,10-11,15,18,24,27-28,33-34,40,47H,6,9,12-13,16-17,19-21H2,1-2H3/t27-,28+,33-,34-,40+/m1/s1. The van der Waals surface area contributed by atoms with Crippen LogP contribution in [-0.2, 0) is 22.6 Å². The van der Waals surface area contributed by atoms with Crippen LogP contribution in [0.5, 0.6) is 0 Å². The second-order valence-electron chi connectivity index (χ2n) is 15.2. The highest BCUT2D eigenvalue weighted by Crippen LogP contribution is 2.51. The lowest BCUT2D eigenvalue weighted by atomic mass is 9.79. The van der Waals surface area contributed by atoms with Gasteiger partial charge in [-0.05, 0) is 80.3 Å². The van der Waals surface area contributed by atoms with Crippen molar-refractivity contribution in [3.05, 3.63) is 98.5 Å². The fourth-order valence-corrected chi connectivity index (χ4v) is 9.48. The first-order valence-electron chi connectivity index (χ1n) is 18.4. The molecular weight excluding hydrogens is 696 g/mol. The van der Waals surface area contributed by atoms with E-state index in [-0.39, 0.29) is 53.0 Å². The molecule has 2 saturated carbocycles. The summed E-state index contributed by atoms with van der Waals surface area (Å²) in [7, 11) is 0. The number of likely N-dealkylation sites (tertiary alicyclic amines) is 1. The number of hydrogen-bond donors (Lipinski definition) is 1. The van der Waals surface area contributed by atoms with Crippen LogP contribution in [0, 0.1) is 42.8 Å². The van der Waals surface area contributed by atoms with E-state index in [0.29, 0.717) is 59.0 Å². The predicted molar refractivity (Wildman–Crippen MR) is 202 cm³/mol. The quantitative estimate of drug-likeness (QED) is 0.163. The molecule has 7 nitrogen and oxygen atoms in total. The third-order valence-corrected chi connectivity index (χ3v) is 12.8. The number of hydrogen-bond acceptors (Lipinski definition) is 5. The number of fused-ring (bicyclic) bond motifs is 4. The van der Waals surface area contributed by atoms with Gasteiger partial charge in [-0.1, -0.05) is 59.6 Å². The summed E-state index contributed by atoms with van der Waals surface area (Å²) in [5, 5.41) is 15.6. The largest absolute Gasteiger partial charge is 0.372 e. The number of carbonyl (C=O) groups is 1. The fourth-order valence-electron chi connectivity index (χ4n) is 9.09. The van der Waals surface area contributed by atoms with Crippen LogP contribution in [0.4, 0.5) is 4.39 Å². The molecule has 5 fully saturated rings. The van der Waals surface area contributed by atoms with Crippen LogP contribution in [0.1, 0.15) is 72.3 Å². The topological polar surface area (TPSA) is 83.2 Å². The normalized spacial score (nSPS) is 23.8. The van der Waals surface area contributed by atoms with Gasteiger partial charge in [0.1, 0.15) is 5.52 Å². The van der Waals surface area contributed by atoms with Crippen molar-refractivity contribution in [1.82, 2.24) is 19.8 Å². The summed E-state index contributed by atoms with van der Waals surface area (Å²) in [5.41, 5.74) is 6.82. The van der Waals surface area contributed by atoms with Crippen LogP contribution in [-0.4, -0.2) is 45.6 Å². The van der Waals surface area contributed by atoms with Crippen molar-refractivity contribution in [2.24, 2.45) is 11.8 Å². The van der Waals surface area contributed by atoms with Gasteiger partial charge in [-0.15, -0.1) is 0 Å². The summed E-state index contributed by atoms with van der Waals surface area (Å²) in [6.07, 6.45) is 4.05.